The molecular formula is C13H7BrCl2F3NO2S. The highest BCUT2D eigenvalue weighted by atomic mass is 79.9. The van der Waals surface area contributed by atoms with Crippen molar-refractivity contribution >= 4 is 54.8 Å². The molecule has 0 unspecified atom stereocenters. The number of sulfonamides is 1. The molecule has 2 rings (SSSR count). The molecular weight excluding hydrogens is 442 g/mol. The van der Waals surface area contributed by atoms with Gasteiger partial charge in [-0.05, 0) is 36.4 Å². The van der Waals surface area contributed by atoms with Crippen LogP contribution < -0.4 is 4.72 Å². The van der Waals surface area contributed by atoms with Gasteiger partial charge in [-0.25, -0.2) is 8.42 Å². The van der Waals surface area contributed by atoms with Crippen LogP contribution in [0.15, 0.2) is 45.8 Å². The molecule has 0 bridgehead atoms. The zero-order valence-corrected chi connectivity index (χ0v) is 14.9. The van der Waals surface area contributed by atoms with Crippen LogP contribution in [0.25, 0.3) is 0 Å². The molecule has 0 saturated heterocycles. The van der Waals surface area contributed by atoms with Crippen molar-refractivity contribution in [3.8, 4) is 0 Å². The molecule has 0 aliphatic heterocycles. The highest BCUT2D eigenvalue weighted by molar-refractivity contribution is 9.10. The van der Waals surface area contributed by atoms with Crippen molar-refractivity contribution in [2.45, 2.75) is 11.1 Å². The van der Waals surface area contributed by atoms with Crippen molar-refractivity contribution in [3.05, 3.63) is 56.5 Å². The monoisotopic (exact) mass is 447 g/mol. The summed E-state index contributed by atoms with van der Waals surface area (Å²) in [4.78, 5) is -0.560. The molecule has 0 fully saturated rings. The Kier molecular flexibility index (Phi) is 5.20. The Hall–Kier alpha value is -0.960. The van der Waals surface area contributed by atoms with Crippen LogP contribution in [0.1, 0.15) is 5.56 Å². The molecule has 0 spiro atoms. The van der Waals surface area contributed by atoms with Crippen LogP contribution in [0, 0.1) is 0 Å². The summed E-state index contributed by atoms with van der Waals surface area (Å²) in [5.74, 6) is 0. The van der Waals surface area contributed by atoms with E-state index >= 15 is 0 Å². The lowest BCUT2D eigenvalue weighted by Gasteiger charge is -2.13. The van der Waals surface area contributed by atoms with Gasteiger partial charge < -0.3 is 0 Å². The lowest BCUT2D eigenvalue weighted by Crippen LogP contribution is -2.15. The topological polar surface area (TPSA) is 46.2 Å². The van der Waals surface area contributed by atoms with E-state index in [9.17, 15) is 21.6 Å². The summed E-state index contributed by atoms with van der Waals surface area (Å²) in [6.45, 7) is 0. The summed E-state index contributed by atoms with van der Waals surface area (Å²) in [6.07, 6.45) is -4.68. The van der Waals surface area contributed by atoms with E-state index in [-0.39, 0.29) is 20.2 Å². The standard InChI is InChI=1S/C13H7BrCl2F3NO2S/c14-8-3-7(13(17,18)19)4-10(5-8)23(21,22)20-12-6-9(15)1-2-11(12)16/h1-6,20H. The highest BCUT2D eigenvalue weighted by Crippen LogP contribution is 2.34. The van der Waals surface area contributed by atoms with Crippen LogP contribution in [0.3, 0.4) is 0 Å². The average Bonchev–Trinajstić information content (AvgIpc) is 2.41. The first kappa shape index (κ1) is 18.4. The first-order chi connectivity index (χ1) is 10.5. The predicted octanol–water partition coefficient (Wildman–Crippen LogP) is 5.58. The first-order valence-electron chi connectivity index (χ1n) is 5.85. The Labute approximate surface area is 148 Å². The van der Waals surface area contributed by atoms with Crippen LogP contribution in [0.5, 0.6) is 0 Å². The number of nitrogens with one attached hydrogen (secondary N) is 1. The zero-order chi connectivity index (χ0) is 17.4. The SMILES string of the molecule is O=S(=O)(Nc1cc(Cl)ccc1Cl)c1cc(Br)cc(C(F)(F)F)c1. The van der Waals surface area contributed by atoms with E-state index in [0.29, 0.717) is 6.07 Å². The molecule has 0 aromatic heterocycles. The van der Waals surface area contributed by atoms with E-state index in [1.165, 1.54) is 18.2 Å². The maximum Gasteiger partial charge on any atom is 0.416 e. The minimum Gasteiger partial charge on any atom is -0.278 e. The third-order valence-electron chi connectivity index (χ3n) is 2.68. The van der Waals surface area contributed by atoms with Gasteiger partial charge in [0, 0.05) is 9.50 Å². The normalized spacial score (nSPS) is 12.3. The minimum absolute atomic E-state index is 0.0232. The quantitative estimate of drug-likeness (QED) is 0.666. The lowest BCUT2D eigenvalue weighted by molar-refractivity contribution is -0.137. The van der Waals surface area contributed by atoms with Crippen molar-refractivity contribution < 1.29 is 21.6 Å². The van der Waals surface area contributed by atoms with Gasteiger partial charge in [-0.15, -0.1) is 0 Å². The molecule has 0 heterocycles. The van der Waals surface area contributed by atoms with Crippen molar-refractivity contribution in [1.29, 1.82) is 0 Å². The molecule has 0 saturated carbocycles. The number of benzene rings is 2. The molecule has 2 aromatic carbocycles. The largest absolute Gasteiger partial charge is 0.416 e. The van der Waals surface area contributed by atoms with Crippen LogP contribution in [-0.4, -0.2) is 8.42 Å². The van der Waals surface area contributed by atoms with E-state index in [1.54, 1.807) is 0 Å². The Morgan fingerprint density at radius 1 is 1.04 bits per heavy atom. The average molecular weight is 449 g/mol. The number of hydrogen-bond donors (Lipinski definition) is 1. The minimum atomic E-state index is -4.68. The first-order valence-corrected chi connectivity index (χ1v) is 8.88. The van der Waals surface area contributed by atoms with Gasteiger partial charge in [-0.1, -0.05) is 39.1 Å². The molecule has 124 valence electrons. The molecule has 0 amide bonds. The van der Waals surface area contributed by atoms with Crippen molar-refractivity contribution in [2.75, 3.05) is 4.72 Å². The second-order valence-electron chi connectivity index (χ2n) is 4.40. The zero-order valence-electron chi connectivity index (χ0n) is 11.0. The lowest BCUT2D eigenvalue weighted by atomic mass is 10.2. The molecule has 3 nitrogen and oxygen atoms in total. The molecule has 23 heavy (non-hydrogen) atoms. The van der Waals surface area contributed by atoms with Crippen LogP contribution in [-0.2, 0) is 16.2 Å². The molecule has 1 N–H and O–H groups in total. The second kappa shape index (κ2) is 6.51. The summed E-state index contributed by atoms with van der Waals surface area (Å²) >= 11 is 14.5. The van der Waals surface area contributed by atoms with Gasteiger partial charge in [-0.3, -0.25) is 4.72 Å². The molecule has 10 heteroatoms. The summed E-state index contributed by atoms with van der Waals surface area (Å²) < 4.78 is 65.1. The van der Waals surface area contributed by atoms with Crippen LogP contribution in [0.2, 0.25) is 10.0 Å². The van der Waals surface area contributed by atoms with Gasteiger partial charge in [0.25, 0.3) is 10.0 Å². The molecule has 2 aromatic rings. The summed E-state index contributed by atoms with van der Waals surface area (Å²) in [6, 6.07) is 6.43. The molecule has 0 atom stereocenters. The number of alkyl halides is 3. The van der Waals surface area contributed by atoms with Gasteiger partial charge in [-0.2, -0.15) is 13.2 Å². The third kappa shape index (κ3) is 4.53. The highest BCUT2D eigenvalue weighted by Gasteiger charge is 2.32. The van der Waals surface area contributed by atoms with Gasteiger partial charge in [0.05, 0.1) is 21.2 Å². The fourth-order valence-electron chi connectivity index (χ4n) is 1.66. The van der Waals surface area contributed by atoms with E-state index in [0.717, 1.165) is 12.1 Å². The third-order valence-corrected chi connectivity index (χ3v) is 5.05. The van der Waals surface area contributed by atoms with E-state index < -0.39 is 26.7 Å². The number of anilines is 1. The Morgan fingerprint density at radius 3 is 2.30 bits per heavy atom. The predicted molar refractivity (Wildman–Crippen MR) is 86.4 cm³/mol. The fraction of sp³-hybridized carbons (Fsp3) is 0.0769. The van der Waals surface area contributed by atoms with Gasteiger partial charge in [0.2, 0.25) is 0 Å². The Bertz CT molecular complexity index is 857. The summed E-state index contributed by atoms with van der Waals surface area (Å²) in [5.41, 5.74) is -1.13. The number of hydrogen-bond acceptors (Lipinski definition) is 2. The van der Waals surface area contributed by atoms with E-state index in [1.807, 2.05) is 0 Å². The smallest absolute Gasteiger partial charge is 0.278 e. The van der Waals surface area contributed by atoms with Gasteiger partial charge in [0.1, 0.15) is 0 Å². The molecule has 0 aliphatic rings. The van der Waals surface area contributed by atoms with Crippen molar-refractivity contribution in [3.63, 3.8) is 0 Å². The fourth-order valence-corrected chi connectivity index (χ4v) is 3.84. The van der Waals surface area contributed by atoms with E-state index in [2.05, 4.69) is 20.7 Å². The van der Waals surface area contributed by atoms with Crippen molar-refractivity contribution in [1.82, 2.24) is 0 Å². The maximum absolute atomic E-state index is 12.8. The maximum atomic E-state index is 12.8. The Balaban J connectivity index is 2.48. The molecule has 0 radical (unpaired) electrons. The second-order valence-corrected chi connectivity index (χ2v) is 7.84. The summed E-state index contributed by atoms with van der Waals surface area (Å²) in [7, 11) is -4.28. The van der Waals surface area contributed by atoms with Crippen molar-refractivity contribution in [2.24, 2.45) is 0 Å². The number of halogens is 6. The summed E-state index contributed by atoms with van der Waals surface area (Å²) in [5, 5.41) is 0.279. The Morgan fingerprint density at radius 2 is 1.70 bits per heavy atom. The van der Waals surface area contributed by atoms with Gasteiger partial charge >= 0.3 is 6.18 Å². The van der Waals surface area contributed by atoms with Gasteiger partial charge in [0.15, 0.2) is 0 Å². The molecule has 0 aliphatic carbocycles. The van der Waals surface area contributed by atoms with E-state index in [4.69, 9.17) is 23.2 Å². The van der Waals surface area contributed by atoms with Crippen LogP contribution >= 0.6 is 39.1 Å². The van der Waals surface area contributed by atoms with Crippen LogP contribution in [0.4, 0.5) is 18.9 Å². The number of rotatable bonds is 3.